The smallest absolute Gasteiger partial charge is 0.0894 e. The second-order valence-corrected chi connectivity index (χ2v) is 6.59. The maximum absolute atomic E-state index is 3.57. The van der Waals surface area contributed by atoms with Gasteiger partial charge in [-0.1, -0.05) is 26.7 Å². The summed E-state index contributed by atoms with van der Waals surface area (Å²) in [5.41, 5.74) is 0. The Bertz CT molecular complexity index is 334. The molecule has 2 aliphatic heterocycles. The normalized spacial score (nSPS) is 17.1. The van der Waals surface area contributed by atoms with Gasteiger partial charge in [0, 0.05) is 64.1 Å². The number of rotatable bonds is 12. The molecule has 0 saturated carbocycles. The highest BCUT2D eigenvalue weighted by Gasteiger charge is 2.12. The summed E-state index contributed by atoms with van der Waals surface area (Å²) in [5.74, 6) is 0. The van der Waals surface area contributed by atoms with Crippen LogP contribution in [0, 0.1) is 0 Å². The average Bonchev–Trinajstić information content (AvgIpc) is 3.20. The Balaban J connectivity index is 1.45. The van der Waals surface area contributed by atoms with Gasteiger partial charge in [0.15, 0.2) is 0 Å². The van der Waals surface area contributed by atoms with Crippen LogP contribution in [0.25, 0.3) is 0 Å². The van der Waals surface area contributed by atoms with Gasteiger partial charge in [0.1, 0.15) is 0 Å². The molecule has 2 rings (SSSR count). The van der Waals surface area contributed by atoms with Gasteiger partial charge in [-0.05, 0) is 12.8 Å². The van der Waals surface area contributed by atoms with Crippen LogP contribution in [0.5, 0.6) is 0 Å². The molecule has 132 valence electrons. The van der Waals surface area contributed by atoms with Crippen LogP contribution >= 0.6 is 0 Å². The fourth-order valence-electron chi connectivity index (χ4n) is 2.91. The lowest BCUT2D eigenvalue weighted by atomic mass is 10.3. The third-order valence-electron chi connectivity index (χ3n) is 4.45. The van der Waals surface area contributed by atoms with Crippen LogP contribution in [0.1, 0.15) is 39.5 Å². The van der Waals surface area contributed by atoms with E-state index >= 15 is 0 Å². The van der Waals surface area contributed by atoms with Crippen LogP contribution in [-0.4, -0.2) is 72.2 Å². The summed E-state index contributed by atoms with van der Waals surface area (Å²) in [6.45, 7) is 13.3. The molecular formula is C18H35N5. The van der Waals surface area contributed by atoms with Crippen molar-refractivity contribution in [2.75, 3.05) is 52.6 Å². The number of hydrogen-bond donors (Lipinski definition) is 1. The Kier molecular flexibility index (Phi) is 8.15. The SMILES string of the molecule is CCCCN1C=CN(CCNCCN2C=CN(CCCC)C2)C1. The highest BCUT2D eigenvalue weighted by molar-refractivity contribution is 4.91. The van der Waals surface area contributed by atoms with Crippen molar-refractivity contribution in [1.82, 2.24) is 24.9 Å². The lowest BCUT2D eigenvalue weighted by Crippen LogP contribution is -2.35. The summed E-state index contributed by atoms with van der Waals surface area (Å²) in [4.78, 5) is 9.60. The number of nitrogens with zero attached hydrogens (tertiary/aromatic N) is 4. The summed E-state index contributed by atoms with van der Waals surface area (Å²) in [6.07, 6.45) is 14.0. The molecule has 0 unspecified atom stereocenters. The first-order valence-electron chi connectivity index (χ1n) is 9.35. The Morgan fingerprint density at radius 2 is 1.04 bits per heavy atom. The third kappa shape index (κ3) is 6.73. The van der Waals surface area contributed by atoms with Crippen LogP contribution in [0.15, 0.2) is 24.8 Å². The maximum Gasteiger partial charge on any atom is 0.0894 e. The van der Waals surface area contributed by atoms with E-state index in [2.05, 4.69) is 63.6 Å². The van der Waals surface area contributed by atoms with Crippen molar-refractivity contribution in [3.05, 3.63) is 24.8 Å². The lowest BCUT2D eigenvalue weighted by Gasteiger charge is -2.22. The summed E-state index contributed by atoms with van der Waals surface area (Å²) >= 11 is 0. The van der Waals surface area contributed by atoms with Gasteiger partial charge >= 0.3 is 0 Å². The maximum atomic E-state index is 3.57. The highest BCUT2D eigenvalue weighted by atomic mass is 15.3. The minimum Gasteiger partial charge on any atom is -0.359 e. The van der Waals surface area contributed by atoms with Gasteiger partial charge in [-0.3, -0.25) is 0 Å². The van der Waals surface area contributed by atoms with Gasteiger partial charge in [-0.2, -0.15) is 0 Å². The van der Waals surface area contributed by atoms with E-state index in [1.807, 2.05) is 0 Å². The van der Waals surface area contributed by atoms with E-state index in [9.17, 15) is 0 Å². The molecule has 0 amide bonds. The standard InChI is InChI=1S/C18H35N5/c1-3-5-9-20-13-15-22(17-20)11-7-19-8-12-23-16-14-21(18-23)10-6-4-2/h13-16,19H,3-12,17-18H2,1-2H3. The predicted molar refractivity (Wildman–Crippen MR) is 97.5 cm³/mol. The van der Waals surface area contributed by atoms with Crippen molar-refractivity contribution >= 4 is 0 Å². The van der Waals surface area contributed by atoms with Gasteiger partial charge in [0.25, 0.3) is 0 Å². The Morgan fingerprint density at radius 1 is 0.652 bits per heavy atom. The van der Waals surface area contributed by atoms with Gasteiger partial charge in [0.05, 0.1) is 13.3 Å². The van der Waals surface area contributed by atoms with Crippen LogP contribution in [-0.2, 0) is 0 Å². The fraction of sp³-hybridized carbons (Fsp3) is 0.778. The Morgan fingerprint density at radius 3 is 1.43 bits per heavy atom. The molecule has 5 nitrogen and oxygen atoms in total. The number of nitrogens with one attached hydrogen (secondary N) is 1. The molecule has 0 aromatic carbocycles. The molecule has 5 heteroatoms. The van der Waals surface area contributed by atoms with Gasteiger partial charge in [-0.15, -0.1) is 0 Å². The third-order valence-corrected chi connectivity index (χ3v) is 4.45. The van der Waals surface area contributed by atoms with Gasteiger partial charge < -0.3 is 24.9 Å². The average molecular weight is 322 g/mol. The van der Waals surface area contributed by atoms with Crippen molar-refractivity contribution in [3.8, 4) is 0 Å². The lowest BCUT2D eigenvalue weighted by molar-refractivity contribution is 0.252. The second kappa shape index (κ2) is 10.4. The zero-order valence-corrected chi connectivity index (χ0v) is 15.1. The minimum atomic E-state index is 1.06. The fourth-order valence-corrected chi connectivity index (χ4v) is 2.91. The zero-order valence-electron chi connectivity index (χ0n) is 15.1. The summed E-state index contributed by atoms with van der Waals surface area (Å²) in [7, 11) is 0. The highest BCUT2D eigenvalue weighted by Crippen LogP contribution is 2.08. The zero-order chi connectivity index (χ0) is 16.3. The van der Waals surface area contributed by atoms with E-state index in [1.165, 1.54) is 38.8 Å². The molecule has 0 aromatic rings. The van der Waals surface area contributed by atoms with Crippen LogP contribution in [0.2, 0.25) is 0 Å². The van der Waals surface area contributed by atoms with E-state index in [0.717, 1.165) is 39.5 Å². The molecule has 0 aromatic heterocycles. The molecule has 0 spiro atoms. The molecule has 0 fully saturated rings. The van der Waals surface area contributed by atoms with E-state index < -0.39 is 0 Å². The van der Waals surface area contributed by atoms with Crippen molar-refractivity contribution < 1.29 is 0 Å². The molecule has 0 aliphatic carbocycles. The second-order valence-electron chi connectivity index (χ2n) is 6.59. The van der Waals surface area contributed by atoms with Crippen LogP contribution in [0.3, 0.4) is 0 Å². The van der Waals surface area contributed by atoms with Gasteiger partial charge in [0.2, 0.25) is 0 Å². The molecular weight excluding hydrogens is 286 g/mol. The quantitative estimate of drug-likeness (QED) is 0.556. The molecule has 2 heterocycles. The van der Waals surface area contributed by atoms with E-state index in [-0.39, 0.29) is 0 Å². The van der Waals surface area contributed by atoms with Crippen molar-refractivity contribution in [1.29, 1.82) is 0 Å². The molecule has 23 heavy (non-hydrogen) atoms. The topological polar surface area (TPSA) is 25.0 Å². The monoisotopic (exact) mass is 321 g/mol. The van der Waals surface area contributed by atoms with E-state index in [0.29, 0.717) is 0 Å². The summed E-state index contributed by atoms with van der Waals surface area (Å²) in [6, 6.07) is 0. The first-order chi connectivity index (χ1) is 11.3. The first kappa shape index (κ1) is 18.0. The first-order valence-corrected chi connectivity index (χ1v) is 9.35. The molecule has 2 aliphatic rings. The van der Waals surface area contributed by atoms with E-state index in [4.69, 9.17) is 0 Å². The predicted octanol–water partition coefficient (Wildman–Crippen LogP) is 2.27. The summed E-state index contributed by atoms with van der Waals surface area (Å²) < 4.78 is 0. The molecule has 0 saturated heterocycles. The largest absolute Gasteiger partial charge is 0.359 e. The van der Waals surface area contributed by atoms with E-state index in [1.54, 1.807) is 0 Å². The molecule has 1 N–H and O–H groups in total. The Hall–Kier alpha value is -1.36. The molecule has 0 bridgehead atoms. The molecule has 0 atom stereocenters. The summed E-state index contributed by atoms with van der Waals surface area (Å²) in [5, 5.41) is 3.57. The van der Waals surface area contributed by atoms with Crippen LogP contribution < -0.4 is 5.32 Å². The Labute approximate surface area is 142 Å². The molecule has 0 radical (unpaired) electrons. The van der Waals surface area contributed by atoms with Crippen LogP contribution in [0.4, 0.5) is 0 Å². The van der Waals surface area contributed by atoms with Crippen molar-refractivity contribution in [2.45, 2.75) is 39.5 Å². The van der Waals surface area contributed by atoms with Gasteiger partial charge in [-0.25, -0.2) is 0 Å². The van der Waals surface area contributed by atoms with Crippen molar-refractivity contribution in [3.63, 3.8) is 0 Å². The number of hydrogen-bond acceptors (Lipinski definition) is 5. The minimum absolute atomic E-state index is 1.06. The van der Waals surface area contributed by atoms with Crippen molar-refractivity contribution in [2.24, 2.45) is 0 Å². The number of unbranched alkanes of at least 4 members (excludes halogenated alkanes) is 2.